The fourth-order valence-corrected chi connectivity index (χ4v) is 4.17. The van der Waals surface area contributed by atoms with E-state index in [1.165, 1.54) is 17.4 Å². The van der Waals surface area contributed by atoms with Crippen molar-refractivity contribution in [3.05, 3.63) is 53.0 Å². The summed E-state index contributed by atoms with van der Waals surface area (Å²) in [6.07, 6.45) is 5.64. The minimum absolute atomic E-state index is 0.0142. The number of halogens is 1. The normalized spacial score (nSPS) is 19.0. The Kier molecular flexibility index (Phi) is 5.63. The number of amides is 1. The standard InChI is InChI=1S/C21H22FN5O2S/c1-12-3-4-15(29-19-13(2)17(23)5-6-24-19)11-27(12)21(28)16-9-14(22)10-26-18(16)20-25-7-8-30-20/h5-10,12,15H,3-4,11H2,1-2H3,(H2,23,24). The summed E-state index contributed by atoms with van der Waals surface area (Å²) >= 11 is 1.35. The number of hydrogen-bond acceptors (Lipinski definition) is 7. The summed E-state index contributed by atoms with van der Waals surface area (Å²) in [5, 5.41) is 2.37. The van der Waals surface area contributed by atoms with Crippen LogP contribution in [0.25, 0.3) is 10.7 Å². The van der Waals surface area contributed by atoms with Crippen LogP contribution in [0.4, 0.5) is 10.1 Å². The number of anilines is 1. The smallest absolute Gasteiger partial charge is 0.256 e. The first kappa shape index (κ1) is 20.2. The molecule has 156 valence electrons. The van der Waals surface area contributed by atoms with Crippen molar-refractivity contribution in [2.24, 2.45) is 0 Å². The molecule has 1 aliphatic rings. The van der Waals surface area contributed by atoms with Crippen molar-refractivity contribution in [3.8, 4) is 16.6 Å². The maximum atomic E-state index is 14.0. The second kappa shape index (κ2) is 8.35. The summed E-state index contributed by atoms with van der Waals surface area (Å²) in [5.74, 6) is -0.376. The molecule has 2 N–H and O–H groups in total. The minimum Gasteiger partial charge on any atom is -0.472 e. The van der Waals surface area contributed by atoms with Crippen LogP contribution in [0.2, 0.25) is 0 Å². The fraction of sp³-hybridized carbons (Fsp3) is 0.333. The van der Waals surface area contributed by atoms with E-state index in [2.05, 4.69) is 15.0 Å². The average Bonchev–Trinajstić information content (AvgIpc) is 3.27. The van der Waals surface area contributed by atoms with E-state index in [9.17, 15) is 9.18 Å². The van der Waals surface area contributed by atoms with E-state index in [0.717, 1.165) is 24.6 Å². The first-order valence-corrected chi connectivity index (χ1v) is 10.6. The maximum absolute atomic E-state index is 14.0. The second-order valence-electron chi connectivity index (χ2n) is 7.34. The Hall–Kier alpha value is -3.07. The van der Waals surface area contributed by atoms with E-state index in [1.807, 2.05) is 13.8 Å². The summed E-state index contributed by atoms with van der Waals surface area (Å²) in [6, 6.07) is 2.94. The quantitative estimate of drug-likeness (QED) is 0.682. The minimum atomic E-state index is -0.560. The van der Waals surface area contributed by atoms with E-state index in [0.29, 0.717) is 28.8 Å². The molecule has 0 saturated carbocycles. The molecule has 1 saturated heterocycles. The fourth-order valence-electron chi connectivity index (χ4n) is 3.53. The maximum Gasteiger partial charge on any atom is 0.256 e. The highest BCUT2D eigenvalue weighted by molar-refractivity contribution is 7.13. The summed E-state index contributed by atoms with van der Waals surface area (Å²) < 4.78 is 20.0. The molecule has 1 aliphatic heterocycles. The Morgan fingerprint density at radius 3 is 2.90 bits per heavy atom. The van der Waals surface area contributed by atoms with Crippen LogP contribution in [0.5, 0.6) is 5.88 Å². The number of aromatic nitrogens is 3. The molecule has 0 aliphatic carbocycles. The molecule has 3 aromatic rings. The van der Waals surface area contributed by atoms with Crippen molar-refractivity contribution < 1.29 is 13.9 Å². The molecule has 0 aromatic carbocycles. The van der Waals surface area contributed by atoms with E-state index in [-0.39, 0.29) is 23.6 Å². The number of carbonyl (C=O) groups excluding carboxylic acids is 1. The van der Waals surface area contributed by atoms with Gasteiger partial charge in [0.2, 0.25) is 5.88 Å². The van der Waals surface area contributed by atoms with Crippen molar-refractivity contribution >= 4 is 22.9 Å². The largest absolute Gasteiger partial charge is 0.472 e. The Morgan fingerprint density at radius 1 is 1.30 bits per heavy atom. The van der Waals surface area contributed by atoms with Gasteiger partial charge in [-0.15, -0.1) is 11.3 Å². The number of nitrogens with two attached hydrogens (primary N) is 1. The highest BCUT2D eigenvalue weighted by atomic mass is 32.1. The average molecular weight is 428 g/mol. The number of thiazole rings is 1. The van der Waals surface area contributed by atoms with Gasteiger partial charge in [-0.1, -0.05) is 0 Å². The van der Waals surface area contributed by atoms with Crippen LogP contribution < -0.4 is 10.5 Å². The van der Waals surface area contributed by atoms with Gasteiger partial charge in [-0.3, -0.25) is 4.79 Å². The van der Waals surface area contributed by atoms with Gasteiger partial charge in [-0.25, -0.2) is 19.3 Å². The lowest BCUT2D eigenvalue weighted by Crippen LogP contribution is -2.49. The monoisotopic (exact) mass is 427 g/mol. The zero-order valence-electron chi connectivity index (χ0n) is 16.7. The molecular formula is C21H22FN5O2S. The Balaban J connectivity index is 1.59. The van der Waals surface area contributed by atoms with Crippen LogP contribution in [0.15, 0.2) is 36.1 Å². The number of piperidine rings is 1. The van der Waals surface area contributed by atoms with Gasteiger partial charge in [0.05, 0.1) is 18.3 Å². The zero-order chi connectivity index (χ0) is 21.3. The van der Waals surface area contributed by atoms with Crippen LogP contribution in [-0.2, 0) is 0 Å². The SMILES string of the molecule is Cc1c(N)ccnc1OC1CCC(C)N(C(=O)c2cc(F)cnc2-c2nccs2)C1. The van der Waals surface area contributed by atoms with E-state index >= 15 is 0 Å². The number of rotatable bonds is 4. The topological polar surface area (TPSA) is 94.2 Å². The van der Waals surface area contributed by atoms with Gasteiger partial charge in [0.1, 0.15) is 22.6 Å². The third-order valence-corrected chi connectivity index (χ3v) is 6.08. The lowest BCUT2D eigenvalue weighted by molar-refractivity contribution is 0.0371. The molecule has 1 amide bonds. The number of nitrogens with zero attached hydrogens (tertiary/aromatic N) is 4. The number of carbonyl (C=O) groups is 1. The molecule has 9 heteroatoms. The van der Waals surface area contributed by atoms with Gasteiger partial charge in [-0.2, -0.15) is 0 Å². The predicted octanol–water partition coefficient (Wildman–Crippen LogP) is 3.70. The third-order valence-electron chi connectivity index (χ3n) is 5.30. The third kappa shape index (κ3) is 3.97. The molecular weight excluding hydrogens is 405 g/mol. The lowest BCUT2D eigenvalue weighted by atomic mass is 9.99. The van der Waals surface area contributed by atoms with Crippen LogP contribution in [0.3, 0.4) is 0 Å². The molecule has 2 atom stereocenters. The van der Waals surface area contributed by atoms with Gasteiger partial charge in [-0.05, 0) is 38.8 Å². The Bertz CT molecular complexity index is 1060. The Morgan fingerprint density at radius 2 is 2.13 bits per heavy atom. The molecule has 2 unspecified atom stereocenters. The van der Waals surface area contributed by atoms with Crippen molar-refractivity contribution in [1.29, 1.82) is 0 Å². The van der Waals surface area contributed by atoms with Gasteiger partial charge in [0.15, 0.2) is 0 Å². The van der Waals surface area contributed by atoms with E-state index < -0.39 is 5.82 Å². The second-order valence-corrected chi connectivity index (χ2v) is 8.24. The van der Waals surface area contributed by atoms with E-state index in [4.69, 9.17) is 10.5 Å². The molecule has 4 rings (SSSR count). The van der Waals surface area contributed by atoms with Gasteiger partial charge < -0.3 is 15.4 Å². The van der Waals surface area contributed by atoms with Crippen LogP contribution in [-0.4, -0.2) is 44.4 Å². The van der Waals surface area contributed by atoms with Gasteiger partial charge in [0, 0.05) is 35.1 Å². The van der Waals surface area contributed by atoms with Crippen molar-refractivity contribution in [2.45, 2.75) is 38.8 Å². The Labute approximate surface area is 177 Å². The number of hydrogen-bond donors (Lipinski definition) is 1. The zero-order valence-corrected chi connectivity index (χ0v) is 17.5. The molecule has 0 bridgehead atoms. The van der Waals surface area contributed by atoms with Crippen molar-refractivity contribution in [3.63, 3.8) is 0 Å². The first-order valence-electron chi connectivity index (χ1n) is 9.68. The molecule has 30 heavy (non-hydrogen) atoms. The van der Waals surface area contributed by atoms with E-state index in [1.54, 1.807) is 28.7 Å². The highest BCUT2D eigenvalue weighted by Crippen LogP contribution is 2.29. The van der Waals surface area contributed by atoms with Gasteiger partial charge >= 0.3 is 0 Å². The summed E-state index contributed by atoms with van der Waals surface area (Å²) in [4.78, 5) is 27.8. The van der Waals surface area contributed by atoms with Crippen LogP contribution in [0, 0.1) is 12.7 Å². The summed E-state index contributed by atoms with van der Waals surface area (Å²) in [7, 11) is 0. The van der Waals surface area contributed by atoms with Crippen LogP contribution >= 0.6 is 11.3 Å². The van der Waals surface area contributed by atoms with Crippen LogP contribution in [0.1, 0.15) is 35.7 Å². The van der Waals surface area contributed by atoms with Gasteiger partial charge in [0.25, 0.3) is 5.91 Å². The number of nitrogen functional groups attached to an aromatic ring is 1. The summed E-state index contributed by atoms with van der Waals surface area (Å²) in [6.45, 7) is 4.20. The lowest BCUT2D eigenvalue weighted by Gasteiger charge is -2.38. The molecule has 4 heterocycles. The molecule has 0 spiro atoms. The molecule has 3 aromatic heterocycles. The molecule has 1 fully saturated rings. The summed E-state index contributed by atoms with van der Waals surface area (Å²) in [5.41, 5.74) is 7.92. The first-order chi connectivity index (χ1) is 14.4. The van der Waals surface area contributed by atoms with Crippen molar-refractivity contribution in [2.75, 3.05) is 12.3 Å². The highest BCUT2D eigenvalue weighted by Gasteiger charge is 2.33. The predicted molar refractivity (Wildman–Crippen MR) is 113 cm³/mol. The molecule has 0 radical (unpaired) electrons. The number of ether oxygens (including phenoxy) is 1. The van der Waals surface area contributed by atoms with Crippen molar-refractivity contribution in [1.82, 2.24) is 19.9 Å². The molecule has 7 nitrogen and oxygen atoms in total. The number of pyridine rings is 2. The number of likely N-dealkylation sites (tertiary alicyclic amines) is 1.